The molecule has 0 fully saturated rings. The van der Waals surface area contributed by atoms with Crippen LogP contribution in [-0.2, 0) is 4.79 Å². The first-order chi connectivity index (χ1) is 7.42. The predicted octanol–water partition coefficient (Wildman–Crippen LogP) is 0.892. The minimum atomic E-state index is -1.15. The third kappa shape index (κ3) is 5.50. The first kappa shape index (κ1) is 14.6. The van der Waals surface area contributed by atoms with E-state index in [1.54, 1.807) is 19.9 Å². The van der Waals surface area contributed by atoms with Crippen molar-refractivity contribution in [3.05, 3.63) is 12.2 Å². The number of aliphatic imine (C=N–C) groups is 1. The number of carbonyl (C=O) groups is 1. The summed E-state index contributed by atoms with van der Waals surface area (Å²) in [6, 6.07) is 0. The van der Waals surface area contributed by atoms with Gasteiger partial charge in [-0.2, -0.15) is 0 Å². The third-order valence-corrected chi connectivity index (χ3v) is 2.36. The molecule has 0 bridgehead atoms. The Morgan fingerprint density at radius 3 is 2.56 bits per heavy atom. The van der Waals surface area contributed by atoms with Crippen LogP contribution in [-0.4, -0.2) is 29.0 Å². The highest BCUT2D eigenvalue weighted by Gasteiger charge is 2.29. The van der Waals surface area contributed by atoms with Crippen LogP contribution in [0.25, 0.3) is 0 Å². The number of nitrogens with zero attached hydrogens (tertiary/aromatic N) is 1. The van der Waals surface area contributed by atoms with Crippen LogP contribution in [0.5, 0.6) is 0 Å². The second-order valence-corrected chi connectivity index (χ2v) is 3.80. The van der Waals surface area contributed by atoms with Gasteiger partial charge in [0.15, 0.2) is 0 Å². The molecule has 0 aliphatic rings. The molecule has 0 aliphatic heterocycles. The molecule has 0 amide bonds. The number of carboxylic acids is 1. The van der Waals surface area contributed by atoms with Gasteiger partial charge in [0.25, 0.3) is 0 Å². The third-order valence-electron chi connectivity index (χ3n) is 2.36. The monoisotopic (exact) mass is 227 g/mol. The molecule has 0 rings (SSSR count). The Bertz CT molecular complexity index is 283. The van der Waals surface area contributed by atoms with Gasteiger partial charge in [-0.15, -0.1) is 0 Å². The summed E-state index contributed by atoms with van der Waals surface area (Å²) in [6.45, 7) is 4.12. The van der Waals surface area contributed by atoms with Crippen LogP contribution in [0.4, 0.5) is 0 Å². The van der Waals surface area contributed by atoms with Crippen molar-refractivity contribution in [1.29, 1.82) is 0 Å². The van der Waals surface area contributed by atoms with Crippen molar-refractivity contribution in [3.63, 3.8) is 0 Å². The Kier molecular flexibility index (Phi) is 6.41. The summed E-state index contributed by atoms with van der Waals surface area (Å²) in [5.41, 5.74) is 9.92. The molecule has 5 nitrogen and oxygen atoms in total. The van der Waals surface area contributed by atoms with Crippen molar-refractivity contribution in [1.82, 2.24) is 0 Å². The molecule has 0 heterocycles. The molecular weight excluding hydrogens is 206 g/mol. The maximum Gasteiger partial charge on any atom is 0.323 e. The Morgan fingerprint density at radius 1 is 1.50 bits per heavy atom. The maximum atomic E-state index is 10.9. The van der Waals surface area contributed by atoms with E-state index >= 15 is 0 Å². The molecule has 92 valence electrons. The zero-order valence-corrected chi connectivity index (χ0v) is 9.94. The minimum absolute atomic E-state index is 0.337. The van der Waals surface area contributed by atoms with Crippen molar-refractivity contribution in [3.8, 4) is 0 Å². The van der Waals surface area contributed by atoms with E-state index in [9.17, 15) is 4.79 Å². The van der Waals surface area contributed by atoms with Gasteiger partial charge in [0, 0.05) is 6.54 Å². The molecule has 1 atom stereocenters. The standard InChI is InChI=1S/C11H21N3O2/c1-3-11(13,10(15)16)7-5-4-6-8-14-9(2)12/h4-5H,3,6-8,13H2,1-2H3,(H2,12,14)(H,15,16)/b5-4-. The average molecular weight is 227 g/mol. The summed E-state index contributed by atoms with van der Waals surface area (Å²) in [7, 11) is 0. The van der Waals surface area contributed by atoms with Crippen molar-refractivity contribution >= 4 is 11.8 Å². The van der Waals surface area contributed by atoms with Gasteiger partial charge in [0.2, 0.25) is 0 Å². The molecule has 16 heavy (non-hydrogen) atoms. The first-order valence-corrected chi connectivity index (χ1v) is 5.36. The lowest BCUT2D eigenvalue weighted by Gasteiger charge is -2.20. The Hall–Kier alpha value is -1.36. The second kappa shape index (κ2) is 7.00. The van der Waals surface area contributed by atoms with E-state index in [1.165, 1.54) is 0 Å². The smallest absolute Gasteiger partial charge is 0.323 e. The number of aliphatic carboxylic acids is 1. The summed E-state index contributed by atoms with van der Waals surface area (Å²) >= 11 is 0. The zero-order chi connectivity index (χ0) is 12.6. The number of amidine groups is 1. The number of rotatable bonds is 7. The fourth-order valence-electron chi connectivity index (χ4n) is 1.11. The van der Waals surface area contributed by atoms with Crippen LogP contribution in [0, 0.1) is 0 Å². The Morgan fingerprint density at radius 2 is 2.12 bits per heavy atom. The van der Waals surface area contributed by atoms with Crippen LogP contribution in [0.1, 0.15) is 33.1 Å². The normalized spacial score (nSPS) is 16.3. The highest BCUT2D eigenvalue weighted by atomic mass is 16.4. The SMILES string of the molecule is CCC(N)(C/C=C\CCN=C(C)N)C(=O)O. The van der Waals surface area contributed by atoms with E-state index in [0.717, 1.165) is 6.42 Å². The van der Waals surface area contributed by atoms with E-state index in [-0.39, 0.29) is 0 Å². The van der Waals surface area contributed by atoms with Gasteiger partial charge in [-0.3, -0.25) is 9.79 Å². The predicted molar refractivity (Wildman–Crippen MR) is 65.4 cm³/mol. The number of carboxylic acid groups (broad SMARTS) is 1. The van der Waals surface area contributed by atoms with E-state index in [1.807, 2.05) is 6.08 Å². The molecule has 0 spiro atoms. The number of hydrogen-bond donors (Lipinski definition) is 3. The van der Waals surface area contributed by atoms with Gasteiger partial charge in [0.1, 0.15) is 5.54 Å². The molecule has 0 aromatic rings. The second-order valence-electron chi connectivity index (χ2n) is 3.80. The molecular formula is C11H21N3O2. The van der Waals surface area contributed by atoms with Crippen LogP contribution < -0.4 is 11.5 Å². The van der Waals surface area contributed by atoms with E-state index in [4.69, 9.17) is 16.6 Å². The molecule has 0 aromatic carbocycles. The summed E-state index contributed by atoms with van der Waals surface area (Å²) in [6.07, 6.45) is 5.16. The van der Waals surface area contributed by atoms with Crippen molar-refractivity contribution < 1.29 is 9.90 Å². The summed E-state index contributed by atoms with van der Waals surface area (Å²) in [5, 5.41) is 8.91. The van der Waals surface area contributed by atoms with Crippen molar-refractivity contribution in [2.75, 3.05) is 6.54 Å². The summed E-state index contributed by atoms with van der Waals surface area (Å²) in [5.74, 6) is -0.406. The molecule has 5 N–H and O–H groups in total. The zero-order valence-electron chi connectivity index (χ0n) is 9.94. The Balaban J connectivity index is 3.99. The molecule has 1 unspecified atom stereocenters. The van der Waals surface area contributed by atoms with Gasteiger partial charge < -0.3 is 16.6 Å². The highest BCUT2D eigenvalue weighted by Crippen LogP contribution is 2.12. The van der Waals surface area contributed by atoms with Gasteiger partial charge in [-0.1, -0.05) is 19.1 Å². The number of nitrogens with two attached hydrogens (primary N) is 2. The number of hydrogen-bond acceptors (Lipinski definition) is 3. The molecule has 0 aliphatic carbocycles. The minimum Gasteiger partial charge on any atom is -0.480 e. The fraction of sp³-hybridized carbons (Fsp3) is 0.636. The molecule has 0 radical (unpaired) electrons. The van der Waals surface area contributed by atoms with Crippen LogP contribution >= 0.6 is 0 Å². The topological polar surface area (TPSA) is 102 Å². The van der Waals surface area contributed by atoms with Crippen LogP contribution in [0.15, 0.2) is 17.1 Å². The maximum absolute atomic E-state index is 10.9. The molecule has 0 aromatic heterocycles. The quantitative estimate of drug-likeness (QED) is 0.260. The fourth-order valence-corrected chi connectivity index (χ4v) is 1.11. The lowest BCUT2D eigenvalue weighted by atomic mass is 9.93. The average Bonchev–Trinajstić information content (AvgIpc) is 2.22. The lowest BCUT2D eigenvalue weighted by molar-refractivity contribution is -0.143. The summed E-state index contributed by atoms with van der Waals surface area (Å²) in [4.78, 5) is 14.9. The van der Waals surface area contributed by atoms with Gasteiger partial charge in [0.05, 0.1) is 5.84 Å². The van der Waals surface area contributed by atoms with Crippen molar-refractivity contribution in [2.24, 2.45) is 16.5 Å². The van der Waals surface area contributed by atoms with Gasteiger partial charge in [-0.05, 0) is 26.2 Å². The van der Waals surface area contributed by atoms with Gasteiger partial charge >= 0.3 is 5.97 Å². The first-order valence-electron chi connectivity index (χ1n) is 5.36. The van der Waals surface area contributed by atoms with E-state index in [2.05, 4.69) is 4.99 Å². The summed E-state index contributed by atoms with van der Waals surface area (Å²) < 4.78 is 0. The van der Waals surface area contributed by atoms with E-state index < -0.39 is 11.5 Å². The highest BCUT2D eigenvalue weighted by molar-refractivity contribution is 5.78. The van der Waals surface area contributed by atoms with Crippen molar-refractivity contribution in [2.45, 2.75) is 38.6 Å². The largest absolute Gasteiger partial charge is 0.480 e. The van der Waals surface area contributed by atoms with Crippen LogP contribution in [0.2, 0.25) is 0 Å². The molecule has 0 saturated heterocycles. The Labute approximate surface area is 96.2 Å². The van der Waals surface area contributed by atoms with E-state index in [0.29, 0.717) is 25.2 Å². The van der Waals surface area contributed by atoms with Gasteiger partial charge in [-0.25, -0.2) is 0 Å². The molecule has 0 saturated carbocycles. The lowest BCUT2D eigenvalue weighted by Crippen LogP contribution is -2.46. The molecule has 5 heteroatoms. The van der Waals surface area contributed by atoms with Crippen LogP contribution in [0.3, 0.4) is 0 Å².